The number of nitrogens with two attached hydrogens (primary N) is 1. The average molecular weight is 278 g/mol. The molecule has 0 amide bonds. The Kier molecular flexibility index (Phi) is 3.80. The molecule has 2 aromatic heterocycles. The Hall–Kier alpha value is -2.68. The molecule has 2 heterocycles. The molecule has 9 heteroatoms. The van der Waals surface area contributed by atoms with Gasteiger partial charge < -0.3 is 15.2 Å². The normalized spacial score (nSPS) is 11.9. The lowest BCUT2D eigenvalue weighted by Gasteiger charge is -2.12. The minimum Gasteiger partial charge on any atom is -0.464 e. The number of rotatable bonds is 5. The molecule has 9 nitrogen and oxygen atoms in total. The summed E-state index contributed by atoms with van der Waals surface area (Å²) in [7, 11) is 0. The van der Waals surface area contributed by atoms with E-state index in [4.69, 9.17) is 10.3 Å². The lowest BCUT2D eigenvalue weighted by atomic mass is 10.2. The molecule has 1 unspecified atom stereocenters. The summed E-state index contributed by atoms with van der Waals surface area (Å²) >= 11 is 0. The molecule has 0 saturated carbocycles. The van der Waals surface area contributed by atoms with Crippen molar-refractivity contribution in [3.05, 3.63) is 40.1 Å². The van der Waals surface area contributed by atoms with Crippen molar-refractivity contribution in [1.29, 1.82) is 0 Å². The molecule has 20 heavy (non-hydrogen) atoms. The van der Waals surface area contributed by atoms with Gasteiger partial charge in [-0.05, 0) is 26.0 Å². The Morgan fingerprint density at radius 3 is 2.65 bits per heavy atom. The van der Waals surface area contributed by atoms with Gasteiger partial charge in [0.25, 0.3) is 0 Å². The van der Waals surface area contributed by atoms with Crippen LogP contribution in [0, 0.1) is 17.0 Å². The Labute approximate surface area is 114 Å². The van der Waals surface area contributed by atoms with Gasteiger partial charge in [0.2, 0.25) is 11.6 Å². The van der Waals surface area contributed by atoms with E-state index in [0.29, 0.717) is 5.76 Å². The molecule has 106 valence electrons. The summed E-state index contributed by atoms with van der Waals surface area (Å²) in [6.45, 7) is 3.62. The summed E-state index contributed by atoms with van der Waals surface area (Å²) in [5, 5.41) is 14.0. The lowest BCUT2D eigenvalue weighted by Crippen LogP contribution is -2.15. The van der Waals surface area contributed by atoms with Gasteiger partial charge in [-0.1, -0.05) is 0 Å². The molecule has 2 rings (SSSR count). The summed E-state index contributed by atoms with van der Waals surface area (Å²) < 4.78 is 5.46. The zero-order chi connectivity index (χ0) is 14.7. The van der Waals surface area contributed by atoms with E-state index in [9.17, 15) is 10.1 Å². The van der Waals surface area contributed by atoms with E-state index < -0.39 is 4.92 Å². The summed E-state index contributed by atoms with van der Waals surface area (Å²) in [5.74, 6) is 6.63. The fourth-order valence-corrected chi connectivity index (χ4v) is 1.73. The van der Waals surface area contributed by atoms with Crippen LogP contribution in [0.1, 0.15) is 24.5 Å². The third kappa shape index (κ3) is 2.67. The van der Waals surface area contributed by atoms with Crippen LogP contribution >= 0.6 is 0 Å². The number of nitro groups is 1. The number of aryl methyl sites for hydroxylation is 1. The van der Waals surface area contributed by atoms with Crippen molar-refractivity contribution < 1.29 is 9.34 Å². The number of nitrogens with one attached hydrogen (secondary N) is 2. The number of aromatic nitrogens is 2. The summed E-state index contributed by atoms with van der Waals surface area (Å²) in [4.78, 5) is 18.1. The van der Waals surface area contributed by atoms with E-state index in [2.05, 4.69) is 20.7 Å². The Balaban J connectivity index is 2.31. The third-order valence-electron chi connectivity index (χ3n) is 2.68. The Bertz CT molecular complexity index is 626. The molecule has 0 aliphatic carbocycles. The quantitative estimate of drug-likeness (QED) is 0.428. The molecule has 0 radical (unpaired) electrons. The molecular formula is C11H14N6O3. The van der Waals surface area contributed by atoms with E-state index in [1.54, 1.807) is 13.0 Å². The molecule has 0 aliphatic heterocycles. The maximum Gasteiger partial charge on any atom is 0.354 e. The van der Waals surface area contributed by atoms with Crippen LogP contribution in [0.3, 0.4) is 0 Å². The van der Waals surface area contributed by atoms with Crippen LogP contribution in [0.25, 0.3) is 0 Å². The van der Waals surface area contributed by atoms with Crippen molar-refractivity contribution in [1.82, 2.24) is 9.97 Å². The van der Waals surface area contributed by atoms with Crippen LogP contribution < -0.4 is 16.6 Å². The smallest absolute Gasteiger partial charge is 0.354 e. The van der Waals surface area contributed by atoms with E-state index >= 15 is 0 Å². The van der Waals surface area contributed by atoms with Gasteiger partial charge in [-0.2, -0.15) is 0 Å². The maximum absolute atomic E-state index is 11.1. The number of hydrogen-bond donors (Lipinski definition) is 3. The van der Waals surface area contributed by atoms with Crippen LogP contribution in [0.2, 0.25) is 0 Å². The van der Waals surface area contributed by atoms with Gasteiger partial charge in [0.1, 0.15) is 17.8 Å². The number of anilines is 2. The molecule has 1 atom stereocenters. The fraction of sp³-hybridized carbons (Fsp3) is 0.273. The molecule has 0 aromatic carbocycles. The first kappa shape index (κ1) is 13.7. The highest BCUT2D eigenvalue weighted by Gasteiger charge is 2.24. The largest absolute Gasteiger partial charge is 0.464 e. The molecule has 2 aromatic rings. The topological polar surface area (TPSA) is 132 Å². The van der Waals surface area contributed by atoms with Gasteiger partial charge in [-0.15, -0.1) is 0 Å². The minimum absolute atomic E-state index is 0.0599. The van der Waals surface area contributed by atoms with E-state index in [1.165, 1.54) is 6.33 Å². The second-order valence-electron chi connectivity index (χ2n) is 4.14. The predicted octanol–water partition coefficient (Wildman–Crippen LogP) is 1.74. The van der Waals surface area contributed by atoms with Crippen LogP contribution in [-0.4, -0.2) is 14.9 Å². The number of furan rings is 1. The van der Waals surface area contributed by atoms with Crippen molar-refractivity contribution in [2.24, 2.45) is 5.84 Å². The highest BCUT2D eigenvalue weighted by atomic mass is 16.6. The molecule has 0 spiro atoms. The number of hydrogen-bond acceptors (Lipinski definition) is 8. The first-order valence-electron chi connectivity index (χ1n) is 5.81. The van der Waals surface area contributed by atoms with E-state index in [-0.39, 0.29) is 23.4 Å². The van der Waals surface area contributed by atoms with Crippen LogP contribution in [0.15, 0.2) is 22.9 Å². The maximum atomic E-state index is 11.1. The molecule has 4 N–H and O–H groups in total. The molecule has 0 aliphatic rings. The van der Waals surface area contributed by atoms with Gasteiger partial charge in [0, 0.05) is 0 Å². The average Bonchev–Trinajstić information content (AvgIpc) is 2.84. The number of hydrazine groups is 1. The van der Waals surface area contributed by atoms with Crippen molar-refractivity contribution in [2.45, 2.75) is 19.9 Å². The first-order valence-corrected chi connectivity index (χ1v) is 5.81. The van der Waals surface area contributed by atoms with Gasteiger partial charge in [-0.3, -0.25) is 10.1 Å². The highest BCUT2D eigenvalue weighted by molar-refractivity contribution is 5.69. The van der Waals surface area contributed by atoms with E-state index in [0.717, 1.165) is 5.76 Å². The minimum atomic E-state index is -0.600. The van der Waals surface area contributed by atoms with E-state index in [1.807, 2.05) is 13.0 Å². The summed E-state index contributed by atoms with van der Waals surface area (Å²) in [6, 6.07) is 3.32. The summed E-state index contributed by atoms with van der Waals surface area (Å²) in [5.41, 5.74) is 1.86. The number of nitrogen functional groups attached to an aromatic ring is 1. The zero-order valence-corrected chi connectivity index (χ0v) is 11.0. The van der Waals surface area contributed by atoms with Crippen LogP contribution in [0.5, 0.6) is 0 Å². The lowest BCUT2D eigenvalue weighted by molar-refractivity contribution is -0.383. The zero-order valence-electron chi connectivity index (χ0n) is 11.0. The van der Waals surface area contributed by atoms with Gasteiger partial charge in [0.15, 0.2) is 0 Å². The third-order valence-corrected chi connectivity index (χ3v) is 2.68. The molecule has 0 saturated heterocycles. The van der Waals surface area contributed by atoms with Gasteiger partial charge in [-0.25, -0.2) is 15.8 Å². The monoisotopic (exact) mass is 278 g/mol. The second kappa shape index (κ2) is 5.53. The second-order valence-corrected chi connectivity index (χ2v) is 4.14. The van der Waals surface area contributed by atoms with Crippen molar-refractivity contribution in [3.8, 4) is 0 Å². The highest BCUT2D eigenvalue weighted by Crippen LogP contribution is 2.31. The van der Waals surface area contributed by atoms with Crippen molar-refractivity contribution in [2.75, 3.05) is 10.7 Å². The van der Waals surface area contributed by atoms with Crippen molar-refractivity contribution in [3.63, 3.8) is 0 Å². The van der Waals surface area contributed by atoms with Gasteiger partial charge in [0.05, 0.1) is 11.0 Å². The Morgan fingerprint density at radius 1 is 1.40 bits per heavy atom. The first-order chi connectivity index (χ1) is 9.52. The Morgan fingerprint density at radius 2 is 2.10 bits per heavy atom. The van der Waals surface area contributed by atoms with Crippen molar-refractivity contribution >= 4 is 17.3 Å². The number of nitrogens with zero attached hydrogens (tertiary/aromatic N) is 3. The predicted molar refractivity (Wildman–Crippen MR) is 72.0 cm³/mol. The standard InChI is InChI=1S/C11H14N6O3/c1-6-3-4-8(20-6)7(2)15-10-9(17(18)19)11(16-12)14-5-13-10/h3-5,7H,12H2,1-2H3,(H2,13,14,15,16). The fourth-order valence-electron chi connectivity index (χ4n) is 1.73. The molecule has 0 bridgehead atoms. The van der Waals surface area contributed by atoms with Crippen LogP contribution in [-0.2, 0) is 0 Å². The van der Waals surface area contributed by atoms with Crippen LogP contribution in [0.4, 0.5) is 17.3 Å². The summed E-state index contributed by atoms with van der Waals surface area (Å²) in [6.07, 6.45) is 1.19. The SMILES string of the molecule is Cc1ccc(C(C)Nc2ncnc(NN)c2[N+](=O)[O-])o1. The van der Waals surface area contributed by atoms with Gasteiger partial charge >= 0.3 is 5.69 Å². The molecular weight excluding hydrogens is 264 g/mol. The molecule has 0 fully saturated rings.